The van der Waals surface area contributed by atoms with Crippen molar-refractivity contribution in [3.63, 3.8) is 0 Å². The summed E-state index contributed by atoms with van der Waals surface area (Å²) in [7, 11) is 0. The highest BCUT2D eigenvalue weighted by Gasteiger charge is 2.03. The van der Waals surface area contributed by atoms with Crippen LogP contribution in [0.15, 0.2) is 23.1 Å². The molecule has 0 saturated carbocycles. The van der Waals surface area contributed by atoms with Crippen LogP contribution in [0.5, 0.6) is 0 Å². The lowest BCUT2D eigenvalue weighted by Gasteiger charge is -2.02. The van der Waals surface area contributed by atoms with Crippen molar-refractivity contribution in [1.29, 1.82) is 0 Å². The van der Waals surface area contributed by atoms with E-state index in [2.05, 4.69) is 15.9 Å². The Morgan fingerprint density at radius 3 is 2.67 bits per heavy atom. The fourth-order valence-electron chi connectivity index (χ4n) is 1.14. The minimum Gasteiger partial charge on any atom is -0.207 e. The lowest BCUT2D eigenvalue weighted by atomic mass is 10.3. The number of halogens is 3. The van der Waals surface area contributed by atoms with Gasteiger partial charge in [-0.15, -0.1) is 11.8 Å². The third kappa shape index (κ3) is 4.98. The van der Waals surface area contributed by atoms with Gasteiger partial charge in [0.05, 0.1) is 0 Å². The summed E-state index contributed by atoms with van der Waals surface area (Å²) in [5.41, 5.74) is 0. The molecule has 0 aliphatic heterocycles. The first-order valence-electron chi connectivity index (χ1n) is 4.88. The molecule has 1 aromatic rings. The van der Waals surface area contributed by atoms with Gasteiger partial charge in [0.1, 0.15) is 11.6 Å². The van der Waals surface area contributed by atoms with Gasteiger partial charge in [-0.1, -0.05) is 22.4 Å². The Morgan fingerprint density at radius 2 is 1.93 bits per heavy atom. The number of alkyl halides is 1. The Kier molecular flexibility index (Phi) is 6.25. The van der Waals surface area contributed by atoms with Crippen LogP contribution in [0.3, 0.4) is 0 Å². The van der Waals surface area contributed by atoms with Gasteiger partial charge in [0.15, 0.2) is 0 Å². The highest BCUT2D eigenvalue weighted by molar-refractivity contribution is 9.09. The highest BCUT2D eigenvalue weighted by atomic mass is 79.9. The van der Waals surface area contributed by atoms with E-state index in [4.69, 9.17) is 0 Å². The smallest absolute Gasteiger partial charge is 0.136 e. The molecule has 1 rings (SSSR count). The number of unbranched alkanes of at least 4 members (excludes halogenated alkanes) is 2. The zero-order chi connectivity index (χ0) is 11.1. The molecule has 15 heavy (non-hydrogen) atoms. The molecule has 84 valence electrons. The summed E-state index contributed by atoms with van der Waals surface area (Å²) >= 11 is 4.73. The molecule has 0 radical (unpaired) electrons. The molecular formula is C11H13BrF2S. The molecule has 0 saturated heterocycles. The predicted octanol–water partition coefficient (Wildman–Crippen LogP) is 4.62. The summed E-state index contributed by atoms with van der Waals surface area (Å²) < 4.78 is 25.9. The van der Waals surface area contributed by atoms with Crippen LogP contribution in [0.2, 0.25) is 0 Å². The Bertz CT molecular complexity index is 305. The minimum atomic E-state index is -0.376. The van der Waals surface area contributed by atoms with E-state index in [1.165, 1.54) is 23.9 Å². The van der Waals surface area contributed by atoms with Gasteiger partial charge in [0.25, 0.3) is 0 Å². The van der Waals surface area contributed by atoms with Crippen LogP contribution in [0.4, 0.5) is 8.78 Å². The predicted molar refractivity (Wildman–Crippen MR) is 64.7 cm³/mol. The van der Waals surface area contributed by atoms with Gasteiger partial charge >= 0.3 is 0 Å². The van der Waals surface area contributed by atoms with Crippen LogP contribution >= 0.6 is 27.7 Å². The zero-order valence-corrected chi connectivity index (χ0v) is 10.7. The topological polar surface area (TPSA) is 0 Å². The molecule has 0 nitrogen and oxygen atoms in total. The van der Waals surface area contributed by atoms with E-state index in [0.29, 0.717) is 4.90 Å². The SMILES string of the molecule is Fc1ccc(F)c(SCCCCCBr)c1. The zero-order valence-electron chi connectivity index (χ0n) is 8.31. The molecule has 0 unspecified atom stereocenters. The van der Waals surface area contributed by atoms with Crippen LogP contribution in [-0.2, 0) is 0 Å². The third-order valence-electron chi connectivity index (χ3n) is 1.93. The van der Waals surface area contributed by atoms with Gasteiger partial charge in [-0.2, -0.15) is 0 Å². The fraction of sp³-hybridized carbons (Fsp3) is 0.455. The monoisotopic (exact) mass is 294 g/mol. The van der Waals surface area contributed by atoms with Crippen molar-refractivity contribution in [2.45, 2.75) is 24.2 Å². The van der Waals surface area contributed by atoms with Crippen molar-refractivity contribution in [3.05, 3.63) is 29.8 Å². The minimum absolute atomic E-state index is 0.332. The lowest BCUT2D eigenvalue weighted by Crippen LogP contribution is -1.86. The Balaban J connectivity index is 2.33. The van der Waals surface area contributed by atoms with Gasteiger partial charge in [0, 0.05) is 10.2 Å². The molecule has 0 N–H and O–H groups in total. The molecule has 0 aliphatic rings. The van der Waals surface area contributed by atoms with E-state index in [0.717, 1.165) is 36.4 Å². The summed E-state index contributed by atoms with van der Waals surface area (Å²) in [5.74, 6) is 0.133. The van der Waals surface area contributed by atoms with E-state index >= 15 is 0 Å². The maximum absolute atomic E-state index is 13.1. The van der Waals surface area contributed by atoms with Crippen LogP contribution in [-0.4, -0.2) is 11.1 Å². The van der Waals surface area contributed by atoms with Crippen molar-refractivity contribution < 1.29 is 8.78 Å². The molecule has 0 atom stereocenters. The van der Waals surface area contributed by atoms with Crippen LogP contribution in [0.25, 0.3) is 0 Å². The van der Waals surface area contributed by atoms with E-state index in [1.807, 2.05) is 0 Å². The van der Waals surface area contributed by atoms with Crippen LogP contribution in [0.1, 0.15) is 19.3 Å². The lowest BCUT2D eigenvalue weighted by molar-refractivity contribution is 0.577. The Hall–Kier alpha value is -0.0900. The van der Waals surface area contributed by atoms with Crippen molar-refractivity contribution in [3.8, 4) is 0 Å². The first-order valence-corrected chi connectivity index (χ1v) is 6.98. The largest absolute Gasteiger partial charge is 0.207 e. The average molecular weight is 295 g/mol. The molecule has 0 fully saturated rings. The molecule has 0 amide bonds. The summed E-state index contributed by atoms with van der Waals surface area (Å²) in [5, 5.41) is 1.01. The van der Waals surface area contributed by atoms with Gasteiger partial charge in [-0.05, 0) is 36.8 Å². The van der Waals surface area contributed by atoms with Crippen molar-refractivity contribution >= 4 is 27.7 Å². The second-order valence-corrected chi connectivity index (χ2v) is 5.10. The Labute approximate surface area is 102 Å². The second-order valence-electron chi connectivity index (χ2n) is 3.17. The standard InChI is InChI=1S/C11H13BrF2S/c12-6-2-1-3-7-15-11-8-9(13)4-5-10(11)14/h4-5,8H,1-3,6-7H2. The fourth-order valence-corrected chi connectivity index (χ4v) is 2.51. The number of hydrogen-bond donors (Lipinski definition) is 0. The normalized spacial score (nSPS) is 10.6. The van der Waals surface area contributed by atoms with E-state index in [1.54, 1.807) is 0 Å². The number of hydrogen-bond acceptors (Lipinski definition) is 1. The summed E-state index contributed by atoms with van der Waals surface area (Å²) in [6.45, 7) is 0. The van der Waals surface area contributed by atoms with Gasteiger partial charge < -0.3 is 0 Å². The van der Waals surface area contributed by atoms with Crippen LogP contribution in [0, 0.1) is 11.6 Å². The molecule has 0 spiro atoms. The summed E-state index contributed by atoms with van der Waals surface area (Å²) in [6.07, 6.45) is 3.29. The van der Waals surface area contributed by atoms with Crippen LogP contribution < -0.4 is 0 Å². The first kappa shape index (κ1) is 13.0. The summed E-state index contributed by atoms with van der Waals surface area (Å²) in [4.78, 5) is 0.411. The third-order valence-corrected chi connectivity index (χ3v) is 3.61. The average Bonchev–Trinajstić information content (AvgIpc) is 2.23. The van der Waals surface area contributed by atoms with E-state index in [-0.39, 0.29) is 11.6 Å². The quantitative estimate of drug-likeness (QED) is 0.419. The van der Waals surface area contributed by atoms with Gasteiger partial charge in [0.2, 0.25) is 0 Å². The number of benzene rings is 1. The molecule has 1 aromatic carbocycles. The molecule has 0 aliphatic carbocycles. The maximum Gasteiger partial charge on any atom is 0.136 e. The molecule has 0 aromatic heterocycles. The van der Waals surface area contributed by atoms with Crippen molar-refractivity contribution in [2.24, 2.45) is 0 Å². The molecule has 4 heteroatoms. The maximum atomic E-state index is 13.1. The molecular weight excluding hydrogens is 282 g/mol. The first-order chi connectivity index (χ1) is 7.24. The van der Waals surface area contributed by atoms with Crippen molar-refractivity contribution in [1.82, 2.24) is 0 Å². The molecule has 0 heterocycles. The van der Waals surface area contributed by atoms with Crippen molar-refractivity contribution in [2.75, 3.05) is 11.1 Å². The van der Waals surface area contributed by atoms with Gasteiger partial charge in [-0.3, -0.25) is 0 Å². The Morgan fingerprint density at radius 1 is 1.13 bits per heavy atom. The highest BCUT2D eigenvalue weighted by Crippen LogP contribution is 2.23. The van der Waals surface area contributed by atoms with Gasteiger partial charge in [-0.25, -0.2) is 8.78 Å². The molecule has 0 bridgehead atoms. The number of thioether (sulfide) groups is 1. The van der Waals surface area contributed by atoms with E-state index < -0.39 is 0 Å². The summed E-state index contributed by atoms with van der Waals surface area (Å²) in [6, 6.07) is 3.57. The second kappa shape index (κ2) is 7.23. The number of rotatable bonds is 6. The van der Waals surface area contributed by atoms with E-state index in [9.17, 15) is 8.78 Å².